The van der Waals surface area contributed by atoms with Crippen molar-refractivity contribution in [2.24, 2.45) is 5.84 Å². The zero-order chi connectivity index (χ0) is 17.7. The summed E-state index contributed by atoms with van der Waals surface area (Å²) in [6, 6.07) is 0. The van der Waals surface area contributed by atoms with Crippen LogP contribution < -0.4 is 22.3 Å². The van der Waals surface area contributed by atoms with Gasteiger partial charge in [-0.25, -0.2) is 10.8 Å². The van der Waals surface area contributed by atoms with Crippen molar-refractivity contribution in [1.29, 1.82) is 0 Å². The number of hydrogen-bond donors (Lipinski definition) is 7. The predicted molar refractivity (Wildman–Crippen MR) is 84.3 cm³/mol. The molecule has 1 aliphatic rings. The minimum absolute atomic E-state index is 0.0168. The first kappa shape index (κ1) is 17.8. The maximum atomic E-state index is 11.1. The topological polar surface area (TPSA) is 197 Å². The number of nitrogens with two attached hydrogens (primary N) is 2. The highest BCUT2D eigenvalue weighted by molar-refractivity contribution is 5.82. The van der Waals surface area contributed by atoms with Gasteiger partial charge in [0.2, 0.25) is 5.95 Å². The Morgan fingerprint density at radius 2 is 2.25 bits per heavy atom. The molecule has 0 bridgehead atoms. The molecule has 9 N–H and O–H groups in total. The van der Waals surface area contributed by atoms with Crippen molar-refractivity contribution < 1.29 is 19.7 Å². The molecule has 1 amide bonds. The zero-order valence-electron chi connectivity index (χ0n) is 12.9. The number of imidazole rings is 1. The Morgan fingerprint density at radius 1 is 1.50 bits per heavy atom. The molecule has 3 rings (SSSR count). The van der Waals surface area contributed by atoms with Crippen LogP contribution in [0.1, 0.15) is 6.92 Å². The van der Waals surface area contributed by atoms with E-state index >= 15 is 0 Å². The predicted octanol–water partition coefficient (Wildman–Crippen LogP) is -2.54. The third kappa shape index (κ3) is 3.86. The molecule has 0 unspecified atom stereocenters. The van der Waals surface area contributed by atoms with Crippen LogP contribution in [0, 0.1) is 0 Å². The van der Waals surface area contributed by atoms with Crippen molar-refractivity contribution >= 4 is 28.8 Å². The molecule has 1 saturated heterocycles. The van der Waals surface area contributed by atoms with E-state index in [1.54, 1.807) is 6.92 Å². The van der Waals surface area contributed by atoms with Crippen molar-refractivity contribution in [2.75, 3.05) is 24.3 Å². The fraction of sp³-hybridized carbons (Fsp3) is 0.500. The van der Waals surface area contributed by atoms with E-state index in [0.29, 0.717) is 23.5 Å². The molecule has 12 heteroatoms. The Morgan fingerprint density at radius 3 is 2.83 bits per heavy atom. The number of nitrogens with one attached hydrogen (secondary N) is 3. The number of likely N-dealkylation sites (N-methyl/N-ethyl adjacent to an activating group) is 1. The van der Waals surface area contributed by atoms with Crippen molar-refractivity contribution in [3.8, 4) is 0 Å². The van der Waals surface area contributed by atoms with Gasteiger partial charge in [0.05, 0.1) is 12.9 Å². The van der Waals surface area contributed by atoms with Crippen molar-refractivity contribution in [3.05, 3.63) is 6.33 Å². The lowest BCUT2D eigenvalue weighted by atomic mass is 10.1. The van der Waals surface area contributed by atoms with Crippen LogP contribution in [0.2, 0.25) is 0 Å². The SMILES string of the molecule is CCNC(=O)[C@H]1OC[C@H](O)[C@@H]1O.NNc1nc(N)c2[nH]cnc2n1. The first-order chi connectivity index (χ1) is 11.5. The summed E-state index contributed by atoms with van der Waals surface area (Å²) in [6.07, 6.45) is -1.47. The highest BCUT2D eigenvalue weighted by atomic mass is 16.5. The summed E-state index contributed by atoms with van der Waals surface area (Å²) in [4.78, 5) is 25.6. The number of hydrazine groups is 1. The maximum Gasteiger partial charge on any atom is 0.251 e. The second-order valence-corrected chi connectivity index (χ2v) is 4.88. The van der Waals surface area contributed by atoms with Gasteiger partial charge in [-0.15, -0.1) is 0 Å². The number of aromatic nitrogens is 4. The van der Waals surface area contributed by atoms with Crippen molar-refractivity contribution in [3.63, 3.8) is 0 Å². The Hall–Kier alpha value is -2.54. The minimum Gasteiger partial charge on any atom is -0.388 e. The lowest BCUT2D eigenvalue weighted by Gasteiger charge is -2.13. The number of aliphatic hydroxyl groups excluding tert-OH is 2. The van der Waals surface area contributed by atoms with Crippen LogP contribution in [0.25, 0.3) is 11.2 Å². The molecule has 0 spiro atoms. The van der Waals surface area contributed by atoms with E-state index in [1.165, 1.54) is 6.33 Å². The number of carbonyl (C=O) groups excluding carboxylic acids is 1. The van der Waals surface area contributed by atoms with E-state index in [1.807, 2.05) is 0 Å². The van der Waals surface area contributed by atoms with Crippen LogP contribution in [-0.4, -0.2) is 67.5 Å². The molecule has 1 aliphatic heterocycles. The number of H-pyrrole nitrogens is 1. The monoisotopic (exact) mass is 340 g/mol. The summed E-state index contributed by atoms with van der Waals surface area (Å²) in [5.74, 6) is 5.32. The number of aromatic amines is 1. The van der Waals surface area contributed by atoms with E-state index in [0.717, 1.165) is 0 Å². The maximum absolute atomic E-state index is 11.1. The van der Waals surface area contributed by atoms with Gasteiger partial charge in [0, 0.05) is 6.54 Å². The average molecular weight is 340 g/mol. The van der Waals surface area contributed by atoms with E-state index < -0.39 is 18.3 Å². The number of nitrogen functional groups attached to an aromatic ring is 2. The highest BCUT2D eigenvalue weighted by Gasteiger charge is 2.39. The summed E-state index contributed by atoms with van der Waals surface area (Å²) < 4.78 is 4.88. The second kappa shape index (κ2) is 7.83. The van der Waals surface area contributed by atoms with E-state index in [4.69, 9.17) is 21.4 Å². The third-order valence-electron chi connectivity index (χ3n) is 3.20. The second-order valence-electron chi connectivity index (χ2n) is 4.88. The molecule has 12 nitrogen and oxygen atoms in total. The number of aliphatic hydroxyl groups is 2. The van der Waals surface area contributed by atoms with Gasteiger partial charge in [-0.2, -0.15) is 9.97 Å². The Kier molecular flexibility index (Phi) is 5.81. The van der Waals surface area contributed by atoms with Crippen LogP contribution in [0.3, 0.4) is 0 Å². The quantitative estimate of drug-likeness (QED) is 0.231. The minimum atomic E-state index is -1.10. The van der Waals surface area contributed by atoms with Gasteiger partial charge in [-0.1, -0.05) is 0 Å². The molecule has 3 atom stereocenters. The van der Waals surface area contributed by atoms with Gasteiger partial charge < -0.3 is 31.0 Å². The Labute approximate surface area is 136 Å². The first-order valence-corrected chi connectivity index (χ1v) is 7.16. The first-order valence-electron chi connectivity index (χ1n) is 7.16. The molecule has 2 aromatic heterocycles. The molecule has 0 aromatic carbocycles. The summed E-state index contributed by atoms with van der Waals surface area (Å²) in [6.45, 7) is 2.28. The third-order valence-corrected chi connectivity index (χ3v) is 3.20. The summed E-state index contributed by atoms with van der Waals surface area (Å²) in [5.41, 5.74) is 8.97. The number of hydrogen-bond acceptors (Lipinski definition) is 10. The van der Waals surface area contributed by atoms with Crippen LogP contribution in [0.4, 0.5) is 11.8 Å². The normalized spacial score (nSPS) is 22.8. The van der Waals surface area contributed by atoms with E-state index in [-0.39, 0.29) is 18.5 Å². The Balaban J connectivity index is 0.000000174. The standard InChI is InChI=1S/C7H13NO4.C5H7N7/c1-2-8-7(11)6-5(10)4(9)3-12-6;6-3-2-4(9-1-8-2)11-5(10-3)12-7/h4-6,9-10H,2-3H2,1H3,(H,8,11);1H,7H2,(H4,6,8,9,10,11,12)/t4-,5-,6-;/m0./s1. The molecule has 0 saturated carbocycles. The lowest BCUT2D eigenvalue weighted by molar-refractivity contribution is -0.133. The van der Waals surface area contributed by atoms with Gasteiger partial charge in [-0.05, 0) is 6.92 Å². The lowest BCUT2D eigenvalue weighted by Crippen LogP contribution is -2.42. The van der Waals surface area contributed by atoms with Gasteiger partial charge in [0.1, 0.15) is 17.7 Å². The molecular weight excluding hydrogens is 320 g/mol. The number of nitrogens with zero attached hydrogens (tertiary/aromatic N) is 3. The van der Waals surface area contributed by atoms with E-state index in [9.17, 15) is 9.90 Å². The molecule has 2 aromatic rings. The molecular formula is C12H20N8O4. The van der Waals surface area contributed by atoms with Gasteiger partial charge >= 0.3 is 0 Å². The Bertz CT molecular complexity index is 693. The number of rotatable bonds is 3. The van der Waals surface area contributed by atoms with Crippen LogP contribution in [0.15, 0.2) is 6.33 Å². The molecule has 3 heterocycles. The number of fused-ring (bicyclic) bond motifs is 1. The molecule has 1 fully saturated rings. The smallest absolute Gasteiger partial charge is 0.251 e. The number of amides is 1. The van der Waals surface area contributed by atoms with Crippen LogP contribution >= 0.6 is 0 Å². The number of anilines is 2. The highest BCUT2D eigenvalue weighted by Crippen LogP contribution is 2.14. The molecule has 0 aliphatic carbocycles. The molecule has 132 valence electrons. The van der Waals surface area contributed by atoms with Gasteiger partial charge in [0.15, 0.2) is 17.6 Å². The molecule has 24 heavy (non-hydrogen) atoms. The van der Waals surface area contributed by atoms with Crippen LogP contribution in [-0.2, 0) is 9.53 Å². The number of ether oxygens (including phenoxy) is 1. The summed E-state index contributed by atoms with van der Waals surface area (Å²) in [5, 5.41) is 20.8. The summed E-state index contributed by atoms with van der Waals surface area (Å²) >= 11 is 0. The summed E-state index contributed by atoms with van der Waals surface area (Å²) in [7, 11) is 0. The van der Waals surface area contributed by atoms with Crippen LogP contribution in [0.5, 0.6) is 0 Å². The zero-order valence-corrected chi connectivity index (χ0v) is 12.9. The average Bonchev–Trinajstić information content (AvgIpc) is 3.16. The largest absolute Gasteiger partial charge is 0.388 e. The van der Waals surface area contributed by atoms with E-state index in [2.05, 4.69) is 30.7 Å². The molecule has 0 radical (unpaired) electrons. The fourth-order valence-corrected chi connectivity index (χ4v) is 2.03. The number of carbonyl (C=O) groups is 1. The van der Waals surface area contributed by atoms with Crippen molar-refractivity contribution in [1.82, 2.24) is 25.3 Å². The fourth-order valence-electron chi connectivity index (χ4n) is 2.03. The van der Waals surface area contributed by atoms with Crippen molar-refractivity contribution in [2.45, 2.75) is 25.2 Å². The van der Waals surface area contributed by atoms with Gasteiger partial charge in [-0.3, -0.25) is 10.2 Å². The van der Waals surface area contributed by atoms with Gasteiger partial charge in [0.25, 0.3) is 5.91 Å².